The first-order valence-corrected chi connectivity index (χ1v) is 9.55. The highest BCUT2D eigenvalue weighted by Crippen LogP contribution is 2.12. The monoisotopic (exact) mass is 312 g/mol. The minimum Gasteiger partial charge on any atom is -0.870 e. The van der Waals surface area contributed by atoms with E-state index in [2.05, 4.69) is 30.4 Å². The van der Waals surface area contributed by atoms with Gasteiger partial charge in [0, 0.05) is 6.92 Å². The highest BCUT2D eigenvalue weighted by atomic mass is 16.0. The lowest BCUT2D eigenvalue weighted by atomic mass is 10.1. The first-order chi connectivity index (χ1) is 10.3. The van der Waals surface area contributed by atoms with E-state index in [1.165, 1.54) is 103 Å². The largest absolute Gasteiger partial charge is 0.870 e. The van der Waals surface area contributed by atoms with Crippen LogP contribution >= 0.6 is 0 Å². The predicted octanol–water partition coefficient (Wildman–Crippen LogP) is 4.89. The van der Waals surface area contributed by atoms with Gasteiger partial charge in [0.25, 0.3) is 0 Å². The third kappa shape index (κ3) is 9.45. The first-order valence-electron chi connectivity index (χ1n) is 9.55. The van der Waals surface area contributed by atoms with Crippen LogP contribution in [-0.4, -0.2) is 47.5 Å². The van der Waals surface area contributed by atoms with Crippen LogP contribution in [-0.2, 0) is 0 Å². The lowest BCUT2D eigenvalue weighted by Gasteiger charge is -2.10. The van der Waals surface area contributed by atoms with Gasteiger partial charge >= 0.3 is 0 Å². The maximum atomic E-state index is 2.55. The lowest BCUT2D eigenvalue weighted by Crippen LogP contribution is -2.27. The average molecular weight is 313 g/mol. The zero-order chi connectivity index (χ0) is 15.3. The van der Waals surface area contributed by atoms with E-state index in [1.54, 1.807) is 0 Å². The average Bonchev–Trinajstić information content (AvgIpc) is 2.80. The maximum absolute atomic E-state index is 2.55. The van der Waals surface area contributed by atoms with Crippen LogP contribution in [0.3, 0.4) is 0 Å². The van der Waals surface area contributed by atoms with E-state index in [1.807, 2.05) is 0 Å². The van der Waals surface area contributed by atoms with Crippen LogP contribution in [0.4, 0.5) is 0 Å². The highest BCUT2D eigenvalue weighted by molar-refractivity contribution is 5.75. The number of amidine groups is 1. The second-order valence-corrected chi connectivity index (χ2v) is 6.84. The molecule has 1 heterocycles. The molecule has 0 fully saturated rings. The summed E-state index contributed by atoms with van der Waals surface area (Å²) in [5, 5.41) is 0. The van der Waals surface area contributed by atoms with E-state index in [9.17, 15) is 0 Å². The van der Waals surface area contributed by atoms with E-state index in [-0.39, 0.29) is 5.48 Å². The maximum Gasteiger partial charge on any atom is 0.243 e. The molecular weight excluding hydrogens is 272 g/mol. The molecule has 0 aliphatic carbocycles. The van der Waals surface area contributed by atoms with Gasteiger partial charge in [0.05, 0.1) is 13.6 Å². The fraction of sp³-hybridized carbons (Fsp3) is 0.947. The van der Waals surface area contributed by atoms with Gasteiger partial charge < -0.3 is 5.48 Å². The van der Waals surface area contributed by atoms with Crippen molar-refractivity contribution in [3.63, 3.8) is 0 Å². The molecule has 0 unspecified atom stereocenters. The molecule has 0 radical (unpaired) electrons. The highest BCUT2D eigenvalue weighted by Gasteiger charge is 2.22. The Morgan fingerprint density at radius 3 is 1.68 bits per heavy atom. The Morgan fingerprint density at radius 1 is 0.818 bits per heavy atom. The van der Waals surface area contributed by atoms with Gasteiger partial charge in [-0.3, -0.25) is 9.48 Å². The molecule has 0 aromatic heterocycles. The number of unbranched alkanes of at least 4 members (excludes halogenated alkanes) is 11. The SMILES string of the molecule is CCCCCCCCCCCCCCN1CC[N+](C)=C1C.[OH-]. The molecule has 0 atom stereocenters. The van der Waals surface area contributed by atoms with Crippen LogP contribution in [0.25, 0.3) is 0 Å². The summed E-state index contributed by atoms with van der Waals surface area (Å²) in [6, 6.07) is 0. The summed E-state index contributed by atoms with van der Waals surface area (Å²) in [6.45, 7) is 8.27. The molecule has 0 amide bonds. The van der Waals surface area contributed by atoms with Crippen molar-refractivity contribution < 1.29 is 10.1 Å². The van der Waals surface area contributed by atoms with Gasteiger partial charge in [-0.15, -0.1) is 0 Å². The first kappa shape index (κ1) is 21.4. The van der Waals surface area contributed by atoms with E-state index >= 15 is 0 Å². The van der Waals surface area contributed by atoms with Crippen LogP contribution in [0.15, 0.2) is 0 Å². The summed E-state index contributed by atoms with van der Waals surface area (Å²) in [7, 11) is 2.21. The lowest BCUT2D eigenvalue weighted by molar-refractivity contribution is -0.487. The molecule has 1 N–H and O–H groups in total. The van der Waals surface area contributed by atoms with Crippen molar-refractivity contribution in [1.82, 2.24) is 4.90 Å². The Hall–Kier alpha value is -0.570. The van der Waals surface area contributed by atoms with Crippen molar-refractivity contribution in [3.05, 3.63) is 0 Å². The van der Waals surface area contributed by atoms with Crippen LogP contribution in [0.1, 0.15) is 90.9 Å². The molecule has 0 spiro atoms. The van der Waals surface area contributed by atoms with E-state index < -0.39 is 0 Å². The van der Waals surface area contributed by atoms with Crippen molar-refractivity contribution >= 4 is 5.84 Å². The zero-order valence-corrected chi connectivity index (χ0v) is 15.4. The van der Waals surface area contributed by atoms with Gasteiger partial charge in [0.15, 0.2) is 0 Å². The van der Waals surface area contributed by atoms with E-state index in [0.717, 1.165) is 0 Å². The Kier molecular flexibility index (Phi) is 13.7. The number of hydrogen-bond acceptors (Lipinski definition) is 2. The minimum atomic E-state index is 0. The Balaban J connectivity index is 0.00000441. The molecule has 0 saturated heterocycles. The summed E-state index contributed by atoms with van der Waals surface area (Å²) in [4.78, 5) is 2.55. The van der Waals surface area contributed by atoms with Gasteiger partial charge in [-0.05, 0) is 12.8 Å². The molecule has 0 bridgehead atoms. The topological polar surface area (TPSA) is 36.2 Å². The van der Waals surface area contributed by atoms with Crippen molar-refractivity contribution in [2.75, 3.05) is 26.7 Å². The normalized spacial score (nSPS) is 14.6. The Labute approximate surface area is 139 Å². The molecule has 3 nitrogen and oxygen atoms in total. The summed E-state index contributed by atoms with van der Waals surface area (Å²) < 4.78 is 2.38. The third-order valence-corrected chi connectivity index (χ3v) is 5.00. The summed E-state index contributed by atoms with van der Waals surface area (Å²) in [5.41, 5.74) is 0. The van der Waals surface area contributed by atoms with Crippen LogP contribution in [0.5, 0.6) is 0 Å². The molecular formula is C19H40N2O. The quantitative estimate of drug-likeness (QED) is 0.359. The summed E-state index contributed by atoms with van der Waals surface area (Å²) >= 11 is 0. The fourth-order valence-corrected chi connectivity index (χ4v) is 3.25. The minimum absolute atomic E-state index is 0. The van der Waals surface area contributed by atoms with Crippen molar-refractivity contribution in [3.8, 4) is 0 Å². The van der Waals surface area contributed by atoms with Gasteiger partial charge in [-0.1, -0.05) is 71.1 Å². The molecule has 1 rings (SSSR count). The van der Waals surface area contributed by atoms with Gasteiger partial charge in [0.1, 0.15) is 13.1 Å². The Bertz CT molecular complexity index is 289. The molecule has 1 aliphatic rings. The molecule has 132 valence electrons. The summed E-state index contributed by atoms with van der Waals surface area (Å²) in [6.07, 6.45) is 17.3. The molecule has 22 heavy (non-hydrogen) atoms. The van der Waals surface area contributed by atoms with E-state index in [4.69, 9.17) is 0 Å². The number of likely N-dealkylation sites (N-methyl/N-ethyl adjacent to an activating group) is 1. The van der Waals surface area contributed by atoms with Crippen molar-refractivity contribution in [1.29, 1.82) is 0 Å². The fourth-order valence-electron chi connectivity index (χ4n) is 3.25. The number of rotatable bonds is 13. The smallest absolute Gasteiger partial charge is 0.243 e. The molecule has 0 aromatic rings. The standard InChI is InChI=1S/C19H39N2.H2O/c1-4-5-6-7-8-9-10-11-12-13-14-15-16-21-18-17-20(3)19(21)2;/h4-18H2,1-3H3;1H2/q+1;/p-1. The van der Waals surface area contributed by atoms with Gasteiger partial charge in [0.2, 0.25) is 5.84 Å². The molecule has 1 aliphatic heterocycles. The van der Waals surface area contributed by atoms with E-state index in [0.29, 0.717) is 0 Å². The van der Waals surface area contributed by atoms with Crippen LogP contribution in [0, 0.1) is 0 Å². The number of hydrogen-bond donors (Lipinski definition) is 0. The predicted molar refractivity (Wildman–Crippen MR) is 96.3 cm³/mol. The second kappa shape index (κ2) is 14.0. The van der Waals surface area contributed by atoms with Crippen molar-refractivity contribution in [2.45, 2.75) is 90.9 Å². The van der Waals surface area contributed by atoms with Gasteiger partial charge in [-0.2, -0.15) is 0 Å². The molecule has 0 aromatic carbocycles. The number of nitrogens with zero attached hydrogens (tertiary/aromatic N) is 2. The zero-order valence-electron chi connectivity index (χ0n) is 15.4. The van der Waals surface area contributed by atoms with Gasteiger partial charge in [-0.25, -0.2) is 0 Å². The molecule has 3 heteroatoms. The Morgan fingerprint density at radius 2 is 1.27 bits per heavy atom. The third-order valence-electron chi connectivity index (χ3n) is 5.00. The van der Waals surface area contributed by atoms with Crippen LogP contribution in [0.2, 0.25) is 0 Å². The summed E-state index contributed by atoms with van der Waals surface area (Å²) in [5.74, 6) is 1.47. The second-order valence-electron chi connectivity index (χ2n) is 6.84. The van der Waals surface area contributed by atoms with Crippen LogP contribution < -0.4 is 0 Å². The van der Waals surface area contributed by atoms with Crippen molar-refractivity contribution in [2.24, 2.45) is 0 Å². The molecule has 0 saturated carbocycles.